The second-order valence-electron chi connectivity index (χ2n) is 4.04. The molecule has 0 aromatic heterocycles. The standard InChI is InChI=1S/C11H21NO2S/c1-2-15-8-7-12-10-5-3-9(4-6-10)11(13)14/h9-10,12H,2-8H2,1H3,(H,13,14). The van der Waals surface area contributed by atoms with Gasteiger partial charge in [0.15, 0.2) is 0 Å². The van der Waals surface area contributed by atoms with Gasteiger partial charge in [0.25, 0.3) is 0 Å². The Bertz CT molecular complexity index is 191. The van der Waals surface area contributed by atoms with Crippen molar-refractivity contribution >= 4 is 17.7 Å². The van der Waals surface area contributed by atoms with Crippen LogP contribution in [0.5, 0.6) is 0 Å². The van der Waals surface area contributed by atoms with Gasteiger partial charge in [0.05, 0.1) is 5.92 Å². The Balaban J connectivity index is 2.07. The van der Waals surface area contributed by atoms with Crippen molar-refractivity contribution in [3.8, 4) is 0 Å². The minimum Gasteiger partial charge on any atom is -0.481 e. The SMILES string of the molecule is CCSCCNC1CCC(C(=O)O)CC1. The number of aliphatic carboxylic acids is 1. The van der Waals surface area contributed by atoms with Crippen LogP contribution in [0.15, 0.2) is 0 Å². The van der Waals surface area contributed by atoms with Crippen LogP contribution >= 0.6 is 11.8 Å². The maximum atomic E-state index is 10.7. The third-order valence-electron chi connectivity index (χ3n) is 2.96. The molecule has 0 aromatic carbocycles. The number of carboxylic acids is 1. The summed E-state index contributed by atoms with van der Waals surface area (Å²) in [4.78, 5) is 10.7. The average Bonchev–Trinajstić information content (AvgIpc) is 2.25. The quantitative estimate of drug-likeness (QED) is 0.686. The van der Waals surface area contributed by atoms with Gasteiger partial charge in [-0.1, -0.05) is 6.92 Å². The van der Waals surface area contributed by atoms with Gasteiger partial charge in [-0.3, -0.25) is 4.79 Å². The normalized spacial score (nSPS) is 26.5. The second kappa shape index (κ2) is 7.12. The van der Waals surface area contributed by atoms with Crippen LogP contribution in [0.2, 0.25) is 0 Å². The Hall–Kier alpha value is -0.220. The molecule has 0 saturated heterocycles. The molecular weight excluding hydrogens is 210 g/mol. The van der Waals surface area contributed by atoms with Crippen molar-refractivity contribution in [3.05, 3.63) is 0 Å². The molecule has 0 aromatic rings. The van der Waals surface area contributed by atoms with Crippen molar-refractivity contribution in [2.24, 2.45) is 5.92 Å². The summed E-state index contributed by atoms with van der Waals surface area (Å²) < 4.78 is 0. The molecule has 15 heavy (non-hydrogen) atoms. The fraction of sp³-hybridized carbons (Fsp3) is 0.909. The summed E-state index contributed by atoms with van der Waals surface area (Å²) in [6, 6.07) is 0.554. The van der Waals surface area contributed by atoms with E-state index in [4.69, 9.17) is 5.11 Å². The van der Waals surface area contributed by atoms with Gasteiger partial charge in [0.2, 0.25) is 0 Å². The van der Waals surface area contributed by atoms with E-state index in [0.717, 1.165) is 38.0 Å². The smallest absolute Gasteiger partial charge is 0.306 e. The number of hydrogen-bond acceptors (Lipinski definition) is 3. The van der Waals surface area contributed by atoms with Crippen molar-refractivity contribution in [1.29, 1.82) is 0 Å². The third kappa shape index (κ3) is 4.89. The molecule has 88 valence electrons. The highest BCUT2D eigenvalue weighted by molar-refractivity contribution is 7.99. The van der Waals surface area contributed by atoms with Gasteiger partial charge in [0, 0.05) is 18.3 Å². The van der Waals surface area contributed by atoms with Gasteiger partial charge >= 0.3 is 5.97 Å². The Labute approximate surface area is 96.0 Å². The van der Waals surface area contributed by atoms with Gasteiger partial charge in [0.1, 0.15) is 0 Å². The van der Waals surface area contributed by atoms with E-state index in [0.29, 0.717) is 6.04 Å². The zero-order valence-corrected chi connectivity index (χ0v) is 10.2. The molecule has 1 aliphatic rings. The minimum absolute atomic E-state index is 0.0898. The van der Waals surface area contributed by atoms with Crippen LogP contribution in [-0.2, 0) is 4.79 Å². The van der Waals surface area contributed by atoms with Crippen LogP contribution in [0.3, 0.4) is 0 Å². The fourth-order valence-electron chi connectivity index (χ4n) is 2.02. The molecular formula is C11H21NO2S. The predicted octanol–water partition coefficient (Wildman–Crippen LogP) is 1.97. The molecule has 0 spiro atoms. The van der Waals surface area contributed by atoms with Gasteiger partial charge in [-0.15, -0.1) is 0 Å². The summed E-state index contributed by atoms with van der Waals surface area (Å²) in [6.07, 6.45) is 3.73. The summed E-state index contributed by atoms with van der Waals surface area (Å²) in [5, 5.41) is 12.3. The Morgan fingerprint density at radius 1 is 1.40 bits per heavy atom. The molecule has 0 amide bonds. The molecule has 0 radical (unpaired) electrons. The second-order valence-corrected chi connectivity index (χ2v) is 5.43. The lowest BCUT2D eigenvalue weighted by molar-refractivity contribution is -0.142. The van der Waals surface area contributed by atoms with Crippen LogP contribution in [0, 0.1) is 5.92 Å². The third-order valence-corrected chi connectivity index (χ3v) is 3.86. The molecule has 1 aliphatic carbocycles. The highest BCUT2D eigenvalue weighted by Crippen LogP contribution is 2.24. The van der Waals surface area contributed by atoms with Crippen LogP contribution in [0.25, 0.3) is 0 Å². The minimum atomic E-state index is -0.616. The lowest BCUT2D eigenvalue weighted by Crippen LogP contribution is -2.36. The van der Waals surface area contributed by atoms with Gasteiger partial charge in [-0.05, 0) is 31.4 Å². The summed E-state index contributed by atoms with van der Waals surface area (Å²) in [5.41, 5.74) is 0. The summed E-state index contributed by atoms with van der Waals surface area (Å²) in [5.74, 6) is 1.63. The number of carbonyl (C=O) groups is 1. The number of carboxylic acid groups (broad SMARTS) is 1. The molecule has 1 saturated carbocycles. The van der Waals surface area contributed by atoms with E-state index in [1.54, 1.807) is 0 Å². The molecule has 2 N–H and O–H groups in total. The van der Waals surface area contributed by atoms with Crippen molar-refractivity contribution in [2.45, 2.75) is 38.6 Å². The van der Waals surface area contributed by atoms with Gasteiger partial charge in [-0.25, -0.2) is 0 Å². The molecule has 1 fully saturated rings. The van der Waals surface area contributed by atoms with E-state index in [-0.39, 0.29) is 5.92 Å². The Kier molecular flexibility index (Phi) is 6.10. The number of hydrogen-bond donors (Lipinski definition) is 2. The van der Waals surface area contributed by atoms with E-state index in [9.17, 15) is 4.79 Å². The van der Waals surface area contributed by atoms with E-state index in [1.165, 1.54) is 5.75 Å². The van der Waals surface area contributed by atoms with E-state index < -0.39 is 5.97 Å². The van der Waals surface area contributed by atoms with E-state index in [2.05, 4.69) is 12.2 Å². The molecule has 0 aliphatic heterocycles. The van der Waals surface area contributed by atoms with E-state index in [1.807, 2.05) is 11.8 Å². The molecule has 3 nitrogen and oxygen atoms in total. The number of thioether (sulfide) groups is 1. The topological polar surface area (TPSA) is 49.3 Å². The zero-order valence-electron chi connectivity index (χ0n) is 9.37. The van der Waals surface area contributed by atoms with Crippen LogP contribution in [0.1, 0.15) is 32.6 Å². The lowest BCUT2D eigenvalue weighted by atomic mass is 9.86. The van der Waals surface area contributed by atoms with Crippen molar-refractivity contribution in [2.75, 3.05) is 18.1 Å². The van der Waals surface area contributed by atoms with Crippen molar-refractivity contribution < 1.29 is 9.90 Å². The lowest BCUT2D eigenvalue weighted by Gasteiger charge is -2.26. The maximum Gasteiger partial charge on any atom is 0.306 e. The average molecular weight is 231 g/mol. The molecule has 1 rings (SSSR count). The first-order chi connectivity index (χ1) is 7.24. The summed E-state index contributed by atoms with van der Waals surface area (Å²) in [7, 11) is 0. The first-order valence-corrected chi connectivity index (χ1v) is 6.93. The summed E-state index contributed by atoms with van der Waals surface area (Å²) >= 11 is 1.95. The van der Waals surface area contributed by atoms with E-state index >= 15 is 0 Å². The maximum absolute atomic E-state index is 10.7. The molecule has 0 heterocycles. The Morgan fingerprint density at radius 2 is 2.07 bits per heavy atom. The van der Waals surface area contributed by atoms with Crippen LogP contribution in [0.4, 0.5) is 0 Å². The van der Waals surface area contributed by atoms with Crippen LogP contribution < -0.4 is 5.32 Å². The van der Waals surface area contributed by atoms with Crippen molar-refractivity contribution in [1.82, 2.24) is 5.32 Å². The predicted molar refractivity (Wildman–Crippen MR) is 64.4 cm³/mol. The molecule has 4 heteroatoms. The fourth-order valence-corrected chi connectivity index (χ4v) is 2.57. The molecule has 0 atom stereocenters. The first-order valence-electron chi connectivity index (χ1n) is 5.78. The monoisotopic (exact) mass is 231 g/mol. The van der Waals surface area contributed by atoms with Crippen LogP contribution in [-0.4, -0.2) is 35.2 Å². The van der Waals surface area contributed by atoms with Crippen molar-refractivity contribution in [3.63, 3.8) is 0 Å². The molecule has 0 bridgehead atoms. The molecule has 0 unspecified atom stereocenters. The Morgan fingerprint density at radius 3 is 2.60 bits per heavy atom. The summed E-state index contributed by atoms with van der Waals surface area (Å²) in [6.45, 7) is 3.23. The highest BCUT2D eigenvalue weighted by Gasteiger charge is 2.25. The highest BCUT2D eigenvalue weighted by atomic mass is 32.2. The van der Waals surface area contributed by atoms with Gasteiger partial charge in [-0.2, -0.15) is 11.8 Å². The number of rotatable bonds is 6. The van der Waals surface area contributed by atoms with Gasteiger partial charge < -0.3 is 10.4 Å². The first kappa shape index (κ1) is 12.8. The largest absolute Gasteiger partial charge is 0.481 e. The zero-order chi connectivity index (χ0) is 11.1. The number of nitrogens with one attached hydrogen (secondary N) is 1.